The fraction of sp³-hybridized carbons (Fsp3) is 0.176. The number of carboxylic acid groups (broad SMARTS) is 1. The van der Waals surface area contributed by atoms with Gasteiger partial charge in [-0.1, -0.05) is 24.3 Å². The van der Waals surface area contributed by atoms with Gasteiger partial charge < -0.3 is 10.0 Å². The summed E-state index contributed by atoms with van der Waals surface area (Å²) in [5.74, 6) is -1.49. The predicted octanol–water partition coefficient (Wildman–Crippen LogP) is 2.80. The van der Waals surface area contributed by atoms with Gasteiger partial charge in [-0.3, -0.25) is 5.21 Å². The Labute approximate surface area is 136 Å². The summed E-state index contributed by atoms with van der Waals surface area (Å²) in [6.07, 6.45) is 0. The first-order valence-corrected chi connectivity index (χ1v) is 7.38. The zero-order valence-corrected chi connectivity index (χ0v) is 12.4. The van der Waals surface area contributed by atoms with E-state index in [1.54, 1.807) is 30.3 Å². The zero-order valence-electron chi connectivity index (χ0n) is 12.4. The van der Waals surface area contributed by atoms with Crippen LogP contribution in [0.3, 0.4) is 0 Å². The number of carbonyl (C=O) groups excluding carboxylic acids is 1. The third kappa shape index (κ3) is 1.98. The summed E-state index contributed by atoms with van der Waals surface area (Å²) in [6.45, 7) is 0.117. The van der Waals surface area contributed by atoms with Crippen molar-refractivity contribution in [1.29, 1.82) is 0 Å². The highest BCUT2D eigenvalue weighted by Gasteiger charge is 2.50. The molecule has 0 saturated carbocycles. The van der Waals surface area contributed by atoms with Crippen molar-refractivity contribution < 1.29 is 24.3 Å². The fourth-order valence-corrected chi connectivity index (χ4v) is 3.42. The molecule has 1 saturated heterocycles. The molecule has 0 radical (unpaired) electrons. The van der Waals surface area contributed by atoms with Gasteiger partial charge in [-0.05, 0) is 40.5 Å². The molecule has 0 unspecified atom stereocenters. The van der Waals surface area contributed by atoms with Crippen molar-refractivity contribution in [1.82, 2.24) is 9.96 Å². The van der Waals surface area contributed by atoms with Crippen molar-refractivity contribution in [3.8, 4) is 11.1 Å². The lowest BCUT2D eigenvalue weighted by Crippen LogP contribution is -2.38. The molecule has 2 heterocycles. The highest BCUT2D eigenvalue weighted by atomic mass is 19.1. The average Bonchev–Trinajstić information content (AvgIpc) is 2.82. The number of urea groups is 1. The number of aliphatic carboxylic acids is 1. The maximum atomic E-state index is 13.1. The predicted molar refractivity (Wildman–Crippen MR) is 80.7 cm³/mol. The number of rotatable bonds is 2. The van der Waals surface area contributed by atoms with Crippen LogP contribution in [0.4, 0.5) is 9.18 Å². The second-order valence-corrected chi connectivity index (χ2v) is 5.89. The summed E-state index contributed by atoms with van der Waals surface area (Å²) in [4.78, 5) is 24.8. The summed E-state index contributed by atoms with van der Waals surface area (Å²) in [5, 5.41) is 20.1. The molecule has 2 aliphatic heterocycles. The van der Waals surface area contributed by atoms with Crippen molar-refractivity contribution in [3.05, 3.63) is 59.4 Å². The molecule has 24 heavy (non-hydrogen) atoms. The van der Waals surface area contributed by atoms with Crippen LogP contribution in [0.25, 0.3) is 11.1 Å². The molecular formula is C17H13FN2O4. The smallest absolute Gasteiger partial charge is 0.345 e. The van der Waals surface area contributed by atoms with Gasteiger partial charge in [0.15, 0.2) is 6.04 Å². The first kappa shape index (κ1) is 14.6. The van der Waals surface area contributed by atoms with E-state index < -0.39 is 24.1 Å². The Kier molecular flexibility index (Phi) is 3.07. The normalized spacial score (nSPS) is 21.8. The van der Waals surface area contributed by atoms with Gasteiger partial charge in [0.2, 0.25) is 0 Å². The van der Waals surface area contributed by atoms with Crippen molar-refractivity contribution in [2.24, 2.45) is 0 Å². The van der Waals surface area contributed by atoms with Gasteiger partial charge in [-0.25, -0.2) is 14.0 Å². The molecule has 2 N–H and O–H groups in total. The first-order valence-electron chi connectivity index (χ1n) is 7.38. The summed E-state index contributed by atoms with van der Waals surface area (Å²) in [7, 11) is 0. The molecule has 2 amide bonds. The van der Waals surface area contributed by atoms with E-state index in [-0.39, 0.29) is 12.4 Å². The quantitative estimate of drug-likeness (QED) is 0.831. The molecule has 122 valence electrons. The standard InChI is InChI=1S/C17H13FN2O4/c18-11-4-1-9(2-5-11)10-3-6-12-13(7-10)14-8-19(15(12)16(21)22)17(23)20(14)24/h1-7,14-15,24H,8H2,(H,21,22)/t14-,15-/m1/s1. The monoisotopic (exact) mass is 328 g/mol. The first-order chi connectivity index (χ1) is 11.5. The number of benzene rings is 2. The number of halogens is 1. The van der Waals surface area contributed by atoms with E-state index in [1.807, 2.05) is 0 Å². The van der Waals surface area contributed by atoms with Crippen molar-refractivity contribution in [2.45, 2.75) is 12.1 Å². The Balaban J connectivity index is 1.85. The Bertz CT molecular complexity index is 852. The van der Waals surface area contributed by atoms with Crippen LogP contribution in [0.5, 0.6) is 0 Å². The van der Waals surface area contributed by atoms with Gasteiger partial charge in [-0.15, -0.1) is 0 Å². The number of hydrogen-bond acceptors (Lipinski definition) is 3. The summed E-state index contributed by atoms with van der Waals surface area (Å²) >= 11 is 0. The molecule has 2 bridgehead atoms. The molecule has 2 aromatic rings. The van der Waals surface area contributed by atoms with Crippen LogP contribution in [0.2, 0.25) is 0 Å². The number of amides is 2. The van der Waals surface area contributed by atoms with Gasteiger partial charge in [0.05, 0.1) is 6.54 Å². The Morgan fingerprint density at radius 1 is 1.08 bits per heavy atom. The van der Waals surface area contributed by atoms with Crippen LogP contribution in [0.1, 0.15) is 23.2 Å². The van der Waals surface area contributed by atoms with Gasteiger partial charge in [0, 0.05) is 0 Å². The highest BCUT2D eigenvalue weighted by molar-refractivity contribution is 5.87. The van der Waals surface area contributed by atoms with Crippen LogP contribution in [0.15, 0.2) is 42.5 Å². The van der Waals surface area contributed by atoms with E-state index in [0.717, 1.165) is 16.0 Å². The maximum absolute atomic E-state index is 13.1. The summed E-state index contributed by atoms with van der Waals surface area (Å²) in [5.41, 5.74) is 2.60. The van der Waals surface area contributed by atoms with Crippen LogP contribution in [-0.2, 0) is 4.79 Å². The summed E-state index contributed by atoms with van der Waals surface area (Å²) in [6, 6.07) is 8.62. The molecule has 0 spiro atoms. The lowest BCUT2D eigenvalue weighted by atomic mass is 9.88. The average molecular weight is 328 g/mol. The third-order valence-corrected chi connectivity index (χ3v) is 4.57. The molecule has 2 aliphatic rings. The Morgan fingerprint density at radius 3 is 2.42 bits per heavy atom. The Morgan fingerprint density at radius 2 is 1.75 bits per heavy atom. The molecule has 4 rings (SSSR count). The molecule has 0 aliphatic carbocycles. The SMILES string of the molecule is O=C(O)[C@H]1c2ccc(-c3ccc(F)cc3)cc2[C@H]2CN1C(=O)N2O. The number of carbonyl (C=O) groups is 2. The molecule has 6 nitrogen and oxygen atoms in total. The number of carboxylic acids is 1. The number of hydrogen-bond donors (Lipinski definition) is 2. The van der Waals surface area contributed by atoms with E-state index in [4.69, 9.17) is 0 Å². The number of fused-ring (bicyclic) bond motifs is 4. The summed E-state index contributed by atoms with van der Waals surface area (Å²) < 4.78 is 13.1. The second kappa shape index (κ2) is 5.04. The van der Waals surface area contributed by atoms with Gasteiger partial charge in [0.1, 0.15) is 11.9 Å². The van der Waals surface area contributed by atoms with Crippen LogP contribution in [0, 0.1) is 5.82 Å². The van der Waals surface area contributed by atoms with Gasteiger partial charge in [-0.2, -0.15) is 5.06 Å². The van der Waals surface area contributed by atoms with Gasteiger partial charge >= 0.3 is 12.0 Å². The topological polar surface area (TPSA) is 81.1 Å². The molecule has 2 aromatic carbocycles. The minimum Gasteiger partial charge on any atom is -0.479 e. The van der Waals surface area contributed by atoms with Gasteiger partial charge in [0.25, 0.3) is 0 Å². The molecule has 0 aromatic heterocycles. The molecule has 2 atom stereocenters. The maximum Gasteiger partial charge on any atom is 0.345 e. The molecule has 7 heteroatoms. The van der Waals surface area contributed by atoms with E-state index in [1.165, 1.54) is 12.1 Å². The van der Waals surface area contributed by atoms with Crippen molar-refractivity contribution >= 4 is 12.0 Å². The fourth-order valence-electron chi connectivity index (χ4n) is 3.42. The lowest BCUT2D eigenvalue weighted by Gasteiger charge is -2.30. The van der Waals surface area contributed by atoms with Crippen LogP contribution >= 0.6 is 0 Å². The Hall–Kier alpha value is -2.93. The van der Waals surface area contributed by atoms with Crippen LogP contribution < -0.4 is 0 Å². The van der Waals surface area contributed by atoms with E-state index in [9.17, 15) is 24.3 Å². The van der Waals surface area contributed by atoms with E-state index >= 15 is 0 Å². The van der Waals surface area contributed by atoms with Crippen LogP contribution in [-0.4, -0.2) is 38.8 Å². The molecular weight excluding hydrogens is 315 g/mol. The highest BCUT2D eigenvalue weighted by Crippen LogP contribution is 2.44. The minimum absolute atomic E-state index is 0.117. The molecule has 1 fully saturated rings. The zero-order chi connectivity index (χ0) is 17.0. The second-order valence-electron chi connectivity index (χ2n) is 5.89. The van der Waals surface area contributed by atoms with E-state index in [2.05, 4.69) is 0 Å². The largest absolute Gasteiger partial charge is 0.479 e. The van der Waals surface area contributed by atoms with E-state index in [0.29, 0.717) is 16.2 Å². The third-order valence-electron chi connectivity index (χ3n) is 4.57. The van der Waals surface area contributed by atoms with Crippen molar-refractivity contribution in [2.75, 3.05) is 6.54 Å². The minimum atomic E-state index is -1.15. The number of nitrogens with zero attached hydrogens (tertiary/aromatic N) is 2. The number of hydroxylamine groups is 2. The lowest BCUT2D eigenvalue weighted by molar-refractivity contribution is -0.142. The van der Waals surface area contributed by atoms with Crippen molar-refractivity contribution in [3.63, 3.8) is 0 Å².